The van der Waals surface area contributed by atoms with E-state index in [0.29, 0.717) is 30.0 Å². The summed E-state index contributed by atoms with van der Waals surface area (Å²) in [6.45, 7) is 0.454. The molecule has 1 aromatic rings. The Morgan fingerprint density at radius 2 is 1.94 bits per heavy atom. The Morgan fingerprint density at radius 1 is 1.29 bits per heavy atom. The molecule has 0 aliphatic carbocycles. The molecule has 0 saturated carbocycles. The van der Waals surface area contributed by atoms with Gasteiger partial charge in [0.15, 0.2) is 0 Å². The van der Waals surface area contributed by atoms with Crippen molar-refractivity contribution in [3.63, 3.8) is 0 Å². The molecule has 1 aromatic carbocycles. The molecule has 0 radical (unpaired) electrons. The Bertz CT molecular complexity index is 361. The number of hydrogen-bond donors (Lipinski definition) is 3. The molecule has 0 spiro atoms. The lowest BCUT2D eigenvalue weighted by Gasteiger charge is -2.17. The highest BCUT2D eigenvalue weighted by Gasteiger charge is 2.17. The Morgan fingerprint density at radius 3 is 2.41 bits per heavy atom. The third-order valence-corrected chi connectivity index (χ3v) is 2.40. The Labute approximate surface area is 107 Å². The second kappa shape index (κ2) is 7.21. The Kier molecular flexibility index (Phi) is 6.72. The normalized spacial score (nSPS) is 11.5. The van der Waals surface area contributed by atoms with Crippen LogP contribution in [-0.4, -0.2) is 25.9 Å². The predicted octanol–water partition coefficient (Wildman–Crippen LogP) is 1.18. The van der Waals surface area contributed by atoms with E-state index in [9.17, 15) is 5.11 Å². The largest absolute Gasteiger partial charge is 0.507 e. The zero-order valence-corrected chi connectivity index (χ0v) is 10.8. The number of phenols is 1. The van der Waals surface area contributed by atoms with Gasteiger partial charge in [0.1, 0.15) is 17.2 Å². The summed E-state index contributed by atoms with van der Waals surface area (Å²) in [4.78, 5) is 0. The van der Waals surface area contributed by atoms with Gasteiger partial charge in [-0.3, -0.25) is 0 Å². The summed E-state index contributed by atoms with van der Waals surface area (Å²) in [7, 11) is 3.04. The monoisotopic (exact) mass is 262 g/mol. The average Bonchev–Trinajstić information content (AvgIpc) is 2.27. The number of phenolic OH excluding ortho intramolecular Hbond substituents is 1. The first-order valence-electron chi connectivity index (χ1n) is 5.04. The van der Waals surface area contributed by atoms with E-state index >= 15 is 0 Å². The second-order valence-electron chi connectivity index (χ2n) is 3.45. The van der Waals surface area contributed by atoms with E-state index in [1.165, 1.54) is 20.3 Å². The summed E-state index contributed by atoms with van der Waals surface area (Å²) in [5.74, 6) is 1.10. The molecule has 0 heterocycles. The van der Waals surface area contributed by atoms with Crippen LogP contribution in [0.1, 0.15) is 18.0 Å². The standard InChI is InChI=1S/C11H18N2O3.ClH/c1-15-7-5-9(14)11(8(13)3-4-12)10(6-7)16-2;/h5-6,8,14H,3-4,12-13H2,1-2H3;1H/t8-;/m0./s1. The molecule has 0 aliphatic heterocycles. The van der Waals surface area contributed by atoms with Crippen LogP contribution in [0.2, 0.25) is 0 Å². The molecule has 0 aliphatic rings. The highest BCUT2D eigenvalue weighted by molar-refractivity contribution is 5.85. The molecule has 98 valence electrons. The SMILES string of the molecule is COc1cc(O)c([C@@H](N)CCN)c(OC)c1.Cl. The first-order valence-corrected chi connectivity index (χ1v) is 5.04. The number of benzene rings is 1. The van der Waals surface area contributed by atoms with Gasteiger partial charge in [0.05, 0.1) is 19.8 Å². The Hall–Kier alpha value is -1.17. The van der Waals surface area contributed by atoms with Crippen LogP contribution in [0.3, 0.4) is 0 Å². The molecule has 0 unspecified atom stereocenters. The minimum atomic E-state index is -0.342. The Balaban J connectivity index is 0.00000256. The number of halogens is 1. The van der Waals surface area contributed by atoms with Crippen molar-refractivity contribution in [1.29, 1.82) is 0 Å². The summed E-state index contributed by atoms with van der Waals surface area (Å²) < 4.78 is 10.2. The van der Waals surface area contributed by atoms with Gasteiger partial charge in [0.2, 0.25) is 0 Å². The van der Waals surface area contributed by atoms with Gasteiger partial charge in [0, 0.05) is 18.2 Å². The third kappa shape index (κ3) is 3.66. The fourth-order valence-electron chi connectivity index (χ4n) is 1.57. The van der Waals surface area contributed by atoms with Crippen LogP contribution in [0.15, 0.2) is 12.1 Å². The number of rotatable bonds is 5. The van der Waals surface area contributed by atoms with Crippen molar-refractivity contribution in [2.45, 2.75) is 12.5 Å². The molecule has 6 heteroatoms. The van der Waals surface area contributed by atoms with Crippen molar-refractivity contribution in [2.75, 3.05) is 20.8 Å². The van der Waals surface area contributed by atoms with Gasteiger partial charge in [-0.15, -0.1) is 12.4 Å². The molecular formula is C11H19ClN2O3. The number of aromatic hydroxyl groups is 1. The van der Waals surface area contributed by atoms with Gasteiger partial charge < -0.3 is 26.0 Å². The number of ether oxygens (including phenoxy) is 2. The molecule has 5 nitrogen and oxygen atoms in total. The molecule has 0 fully saturated rings. The maximum atomic E-state index is 9.85. The van der Waals surface area contributed by atoms with Crippen LogP contribution in [0, 0.1) is 0 Å². The van der Waals surface area contributed by atoms with E-state index in [-0.39, 0.29) is 24.2 Å². The topological polar surface area (TPSA) is 90.7 Å². The quantitative estimate of drug-likeness (QED) is 0.741. The van der Waals surface area contributed by atoms with Crippen LogP contribution in [0.5, 0.6) is 17.2 Å². The summed E-state index contributed by atoms with van der Waals surface area (Å²) in [5, 5.41) is 9.85. The smallest absolute Gasteiger partial charge is 0.131 e. The van der Waals surface area contributed by atoms with Gasteiger partial charge in [-0.25, -0.2) is 0 Å². The van der Waals surface area contributed by atoms with Crippen LogP contribution in [0.25, 0.3) is 0 Å². The zero-order chi connectivity index (χ0) is 12.1. The predicted molar refractivity (Wildman–Crippen MR) is 69.1 cm³/mol. The molecule has 0 amide bonds. The minimum absolute atomic E-state index is 0. The minimum Gasteiger partial charge on any atom is -0.507 e. The number of hydrogen-bond acceptors (Lipinski definition) is 5. The molecule has 0 aromatic heterocycles. The van der Waals surface area contributed by atoms with Crippen LogP contribution in [-0.2, 0) is 0 Å². The van der Waals surface area contributed by atoms with E-state index in [1.54, 1.807) is 6.07 Å². The van der Waals surface area contributed by atoms with E-state index in [4.69, 9.17) is 20.9 Å². The lowest BCUT2D eigenvalue weighted by atomic mass is 10.0. The van der Waals surface area contributed by atoms with Crippen molar-refractivity contribution in [2.24, 2.45) is 11.5 Å². The van der Waals surface area contributed by atoms with Crippen molar-refractivity contribution in [3.8, 4) is 17.2 Å². The van der Waals surface area contributed by atoms with Crippen molar-refractivity contribution < 1.29 is 14.6 Å². The summed E-state index contributed by atoms with van der Waals surface area (Å²) in [6, 6.07) is 2.85. The van der Waals surface area contributed by atoms with E-state index in [2.05, 4.69) is 0 Å². The van der Waals surface area contributed by atoms with Crippen molar-refractivity contribution in [1.82, 2.24) is 0 Å². The lowest BCUT2D eigenvalue weighted by molar-refractivity contribution is 0.374. The summed E-state index contributed by atoms with van der Waals surface area (Å²) in [6.07, 6.45) is 0.580. The highest BCUT2D eigenvalue weighted by Crippen LogP contribution is 2.37. The fraction of sp³-hybridized carbons (Fsp3) is 0.455. The van der Waals surface area contributed by atoms with Crippen LogP contribution < -0.4 is 20.9 Å². The second-order valence-corrected chi connectivity index (χ2v) is 3.45. The molecule has 0 bridgehead atoms. The van der Waals surface area contributed by atoms with Crippen molar-refractivity contribution in [3.05, 3.63) is 17.7 Å². The molecule has 17 heavy (non-hydrogen) atoms. The lowest BCUT2D eigenvalue weighted by Crippen LogP contribution is -2.16. The zero-order valence-electron chi connectivity index (χ0n) is 9.97. The van der Waals surface area contributed by atoms with Crippen LogP contribution >= 0.6 is 12.4 Å². The van der Waals surface area contributed by atoms with Crippen LogP contribution in [0.4, 0.5) is 0 Å². The van der Waals surface area contributed by atoms with E-state index in [0.717, 1.165) is 0 Å². The van der Waals surface area contributed by atoms with Crippen molar-refractivity contribution >= 4 is 12.4 Å². The van der Waals surface area contributed by atoms with Gasteiger partial charge in [-0.2, -0.15) is 0 Å². The first kappa shape index (κ1) is 15.8. The average molecular weight is 263 g/mol. The summed E-state index contributed by atoms with van der Waals surface area (Å²) in [5.41, 5.74) is 11.9. The first-order chi connectivity index (χ1) is 7.63. The summed E-state index contributed by atoms with van der Waals surface area (Å²) >= 11 is 0. The molecule has 0 saturated heterocycles. The number of methoxy groups -OCH3 is 2. The van der Waals surface area contributed by atoms with Gasteiger partial charge >= 0.3 is 0 Å². The number of nitrogens with two attached hydrogens (primary N) is 2. The third-order valence-electron chi connectivity index (χ3n) is 2.40. The highest BCUT2D eigenvalue weighted by atomic mass is 35.5. The molecule has 1 rings (SSSR count). The van der Waals surface area contributed by atoms with Gasteiger partial charge in [-0.1, -0.05) is 0 Å². The van der Waals surface area contributed by atoms with E-state index in [1.807, 2.05) is 0 Å². The molecule has 1 atom stereocenters. The van der Waals surface area contributed by atoms with E-state index < -0.39 is 0 Å². The maximum absolute atomic E-state index is 9.85. The molecular weight excluding hydrogens is 244 g/mol. The van der Waals surface area contributed by atoms with Gasteiger partial charge in [-0.05, 0) is 13.0 Å². The maximum Gasteiger partial charge on any atom is 0.131 e. The fourth-order valence-corrected chi connectivity index (χ4v) is 1.57. The molecule has 5 N–H and O–H groups in total. The van der Waals surface area contributed by atoms with Gasteiger partial charge in [0.25, 0.3) is 0 Å².